The Bertz CT molecular complexity index is 539. The summed E-state index contributed by atoms with van der Waals surface area (Å²) in [4.78, 5) is 25.8. The van der Waals surface area contributed by atoms with E-state index in [0.29, 0.717) is 19.5 Å². The molecule has 2 unspecified atom stereocenters. The molecule has 0 radical (unpaired) electrons. The largest absolute Gasteiger partial charge is 0.379 e. The molecule has 29 heavy (non-hydrogen) atoms. The molecule has 6 heteroatoms. The van der Waals surface area contributed by atoms with Crippen LogP contribution in [-0.2, 0) is 14.3 Å². The Balaban J connectivity index is 0. The first-order valence-electron chi connectivity index (χ1n) is 10.2. The number of halogens is 1. The topological polar surface area (TPSA) is 49.9 Å². The van der Waals surface area contributed by atoms with Gasteiger partial charge in [-0.05, 0) is 33.3 Å². The first-order valence-corrected chi connectivity index (χ1v) is 10.2. The van der Waals surface area contributed by atoms with Crippen molar-refractivity contribution in [2.45, 2.75) is 72.7 Å². The van der Waals surface area contributed by atoms with Gasteiger partial charge in [0.1, 0.15) is 6.17 Å². The number of allylic oxidation sites excluding steroid dienone is 3. The highest BCUT2D eigenvalue weighted by molar-refractivity contribution is 5.73. The lowest BCUT2D eigenvalue weighted by molar-refractivity contribution is -0.130. The minimum atomic E-state index is -1.00. The SMILES string of the molecule is C=C/C=C\C(=C/C)CN(CC1CC(F)CN1C=O)C(C)=O.CC.COC(C)(C)C. The molecule has 0 bridgehead atoms. The van der Waals surface area contributed by atoms with E-state index in [1.165, 1.54) is 11.8 Å². The molecule has 0 aromatic rings. The monoisotopic (exact) mass is 412 g/mol. The standard InChI is InChI=1S/C16H23FN2O2.C5H12O.C2H6/c1-4-6-7-14(5-2)9-18(13(3)21)11-16-8-15(17)10-19(16)12-20;1-5(2,3)6-4;1-2/h4-7,12,15-16H,1,8-11H2,2-3H3;1-4H3;1-2H3/b7-6-,14-5+;;. The van der Waals surface area contributed by atoms with E-state index in [9.17, 15) is 14.0 Å². The predicted molar refractivity (Wildman–Crippen MR) is 120 cm³/mol. The molecule has 2 amide bonds. The quantitative estimate of drug-likeness (QED) is 0.455. The summed E-state index contributed by atoms with van der Waals surface area (Å²) in [6, 6.07) is -0.247. The number of nitrogens with zero attached hydrogens (tertiary/aromatic N) is 2. The Labute approximate surface area is 177 Å². The van der Waals surface area contributed by atoms with E-state index < -0.39 is 6.17 Å². The number of rotatable bonds is 7. The fourth-order valence-electron chi connectivity index (χ4n) is 2.40. The van der Waals surface area contributed by atoms with Crippen molar-refractivity contribution < 1.29 is 18.7 Å². The molecule has 0 saturated carbocycles. The number of ether oxygens (including phenoxy) is 1. The third-order valence-corrected chi connectivity index (χ3v) is 4.22. The highest BCUT2D eigenvalue weighted by atomic mass is 19.1. The van der Waals surface area contributed by atoms with Crippen LogP contribution in [-0.4, -0.2) is 66.7 Å². The van der Waals surface area contributed by atoms with Gasteiger partial charge in [-0.15, -0.1) is 0 Å². The van der Waals surface area contributed by atoms with Gasteiger partial charge in [0.05, 0.1) is 18.2 Å². The summed E-state index contributed by atoms with van der Waals surface area (Å²) in [5.41, 5.74) is 1.01. The predicted octanol–water partition coefficient (Wildman–Crippen LogP) is 4.55. The summed E-state index contributed by atoms with van der Waals surface area (Å²) >= 11 is 0. The normalized spacial score (nSPS) is 19.1. The maximum atomic E-state index is 13.4. The molecule has 0 N–H and O–H groups in total. The number of carbonyl (C=O) groups excluding carboxylic acids is 2. The molecular weight excluding hydrogens is 371 g/mol. The molecule has 1 rings (SSSR count). The zero-order chi connectivity index (χ0) is 23.0. The van der Waals surface area contributed by atoms with Crippen LogP contribution in [0, 0.1) is 0 Å². The molecule has 168 valence electrons. The molecule has 0 spiro atoms. The summed E-state index contributed by atoms with van der Waals surface area (Å²) in [7, 11) is 1.71. The van der Waals surface area contributed by atoms with Gasteiger partial charge in [0.15, 0.2) is 0 Å². The Hall–Kier alpha value is -1.95. The Kier molecular flexibility index (Phi) is 16.1. The highest BCUT2D eigenvalue weighted by Gasteiger charge is 2.32. The van der Waals surface area contributed by atoms with Gasteiger partial charge in [-0.25, -0.2) is 4.39 Å². The van der Waals surface area contributed by atoms with Gasteiger partial charge >= 0.3 is 0 Å². The first-order chi connectivity index (χ1) is 13.6. The third kappa shape index (κ3) is 13.8. The molecule has 5 nitrogen and oxygen atoms in total. The Morgan fingerprint density at radius 1 is 1.34 bits per heavy atom. The lowest BCUT2D eigenvalue weighted by Gasteiger charge is -2.28. The van der Waals surface area contributed by atoms with Crippen LogP contribution >= 0.6 is 0 Å². The average molecular weight is 413 g/mol. The number of likely N-dealkylation sites (tertiary alicyclic amines) is 1. The van der Waals surface area contributed by atoms with E-state index in [4.69, 9.17) is 4.74 Å². The van der Waals surface area contributed by atoms with Crippen molar-refractivity contribution in [3.63, 3.8) is 0 Å². The summed E-state index contributed by atoms with van der Waals surface area (Å²) in [6.45, 7) is 18.0. The Morgan fingerprint density at radius 3 is 2.28 bits per heavy atom. The van der Waals surface area contributed by atoms with E-state index in [1.54, 1.807) is 24.2 Å². The molecule has 1 heterocycles. The van der Waals surface area contributed by atoms with Crippen LogP contribution in [0.2, 0.25) is 0 Å². The lowest BCUT2D eigenvalue weighted by atomic mass is 10.1. The molecule has 1 aliphatic heterocycles. The van der Waals surface area contributed by atoms with Gasteiger partial charge in [0.25, 0.3) is 0 Å². The molecule has 1 aliphatic rings. The molecule has 2 atom stereocenters. The first kappa shape index (κ1) is 29.3. The van der Waals surface area contributed by atoms with Gasteiger partial charge in [0, 0.05) is 33.5 Å². The van der Waals surface area contributed by atoms with Gasteiger partial charge in [-0.3, -0.25) is 9.59 Å². The summed E-state index contributed by atoms with van der Waals surface area (Å²) < 4.78 is 18.4. The van der Waals surface area contributed by atoms with Crippen molar-refractivity contribution in [3.8, 4) is 0 Å². The average Bonchev–Trinajstić information content (AvgIpc) is 3.04. The maximum absolute atomic E-state index is 13.4. The van der Waals surface area contributed by atoms with Crippen molar-refractivity contribution in [2.24, 2.45) is 0 Å². The second-order valence-electron chi connectivity index (χ2n) is 7.46. The van der Waals surface area contributed by atoms with Crippen LogP contribution in [0.1, 0.15) is 54.9 Å². The molecule has 1 saturated heterocycles. The number of hydrogen-bond donors (Lipinski definition) is 0. The van der Waals surface area contributed by atoms with Crippen molar-refractivity contribution in [2.75, 3.05) is 26.7 Å². The van der Waals surface area contributed by atoms with E-state index >= 15 is 0 Å². The molecule has 0 aromatic carbocycles. The Morgan fingerprint density at radius 2 is 1.90 bits per heavy atom. The number of carbonyl (C=O) groups is 2. The van der Waals surface area contributed by atoms with E-state index in [0.717, 1.165) is 5.57 Å². The van der Waals surface area contributed by atoms with E-state index in [2.05, 4.69) is 6.58 Å². The summed E-state index contributed by atoms with van der Waals surface area (Å²) in [5.74, 6) is -0.0884. The second kappa shape index (κ2) is 15.9. The van der Waals surface area contributed by atoms with Crippen molar-refractivity contribution in [1.29, 1.82) is 0 Å². The summed E-state index contributed by atoms with van der Waals surface area (Å²) in [6.07, 6.45) is 7.22. The van der Waals surface area contributed by atoms with Crippen molar-refractivity contribution >= 4 is 12.3 Å². The van der Waals surface area contributed by atoms with Gasteiger partial charge in [-0.2, -0.15) is 0 Å². The number of methoxy groups -OCH3 is 1. The number of hydrogen-bond acceptors (Lipinski definition) is 3. The van der Waals surface area contributed by atoms with E-state index in [1.807, 2.05) is 53.7 Å². The van der Waals surface area contributed by atoms with Crippen molar-refractivity contribution in [3.05, 3.63) is 36.5 Å². The molecule has 1 fully saturated rings. The minimum Gasteiger partial charge on any atom is -0.379 e. The van der Waals surface area contributed by atoms with Gasteiger partial charge in [0.2, 0.25) is 12.3 Å². The summed E-state index contributed by atoms with van der Waals surface area (Å²) in [5, 5.41) is 0. The fraction of sp³-hybridized carbons (Fsp3) is 0.652. The van der Waals surface area contributed by atoms with Gasteiger partial charge in [-0.1, -0.05) is 44.7 Å². The van der Waals surface area contributed by atoms with Crippen LogP contribution in [0.4, 0.5) is 4.39 Å². The highest BCUT2D eigenvalue weighted by Crippen LogP contribution is 2.20. The zero-order valence-corrected chi connectivity index (χ0v) is 19.6. The number of alkyl halides is 1. The molecule has 0 aliphatic carbocycles. The van der Waals surface area contributed by atoms with Gasteiger partial charge < -0.3 is 14.5 Å². The van der Waals surface area contributed by atoms with Crippen LogP contribution in [0.25, 0.3) is 0 Å². The fourth-order valence-corrected chi connectivity index (χ4v) is 2.40. The number of amides is 2. The van der Waals surface area contributed by atoms with Crippen molar-refractivity contribution in [1.82, 2.24) is 9.80 Å². The zero-order valence-electron chi connectivity index (χ0n) is 19.6. The molecule has 0 aromatic heterocycles. The third-order valence-electron chi connectivity index (χ3n) is 4.22. The van der Waals surface area contributed by atoms with Crippen LogP contribution in [0.3, 0.4) is 0 Å². The maximum Gasteiger partial charge on any atom is 0.219 e. The van der Waals surface area contributed by atoms with Crippen LogP contribution < -0.4 is 0 Å². The van der Waals surface area contributed by atoms with Crippen LogP contribution in [0.5, 0.6) is 0 Å². The van der Waals surface area contributed by atoms with Crippen LogP contribution in [0.15, 0.2) is 36.5 Å². The molecular formula is C23H41FN2O3. The van der Waals surface area contributed by atoms with E-state index in [-0.39, 0.29) is 30.5 Å². The minimum absolute atomic E-state index is 0.0417. The lowest BCUT2D eigenvalue weighted by Crippen LogP contribution is -2.42. The second-order valence-corrected chi connectivity index (χ2v) is 7.46. The smallest absolute Gasteiger partial charge is 0.219 e.